The summed E-state index contributed by atoms with van der Waals surface area (Å²) in [4.78, 5) is 25.1. The molecule has 0 rings (SSSR count). The van der Waals surface area contributed by atoms with Gasteiger partial charge >= 0.3 is 0 Å². The minimum atomic E-state index is -4.57. The Kier molecular flexibility index (Phi) is 30.7. The van der Waals surface area contributed by atoms with Crippen LogP contribution in [0.2, 0.25) is 0 Å². The summed E-state index contributed by atoms with van der Waals surface area (Å²) in [5, 5.41) is 13.7. The molecule has 9 heteroatoms. The van der Waals surface area contributed by atoms with E-state index in [9.17, 15) is 19.4 Å². The van der Waals surface area contributed by atoms with E-state index in [1.165, 1.54) is 116 Å². The number of aliphatic hydroxyl groups excluding tert-OH is 1. The first-order valence-corrected chi connectivity index (χ1v) is 21.0. The SMILES string of the molecule is CCCCCCCCCC/C=C/[C@@H](O)[C@H](COP(=O)([O-])OCC[N+](C)(C)C)NC(=O)CCCCCCCCCCCCCCCCC. The maximum atomic E-state index is 12.8. The fraction of sp³-hybridized carbons (Fsp3) is 0.921. The van der Waals surface area contributed by atoms with Gasteiger partial charge in [0.15, 0.2) is 0 Å². The summed E-state index contributed by atoms with van der Waals surface area (Å²) in [5.41, 5.74) is 0. The van der Waals surface area contributed by atoms with Crippen LogP contribution < -0.4 is 10.2 Å². The highest BCUT2D eigenvalue weighted by Crippen LogP contribution is 2.38. The number of quaternary nitrogens is 1. The molecule has 0 aliphatic carbocycles. The number of phosphoric ester groups is 1. The van der Waals surface area contributed by atoms with Crippen LogP contribution in [-0.2, 0) is 18.4 Å². The van der Waals surface area contributed by atoms with Crippen LogP contribution in [0.4, 0.5) is 0 Å². The summed E-state index contributed by atoms with van der Waals surface area (Å²) in [6.07, 6.45) is 32.5. The smallest absolute Gasteiger partial charge is 0.268 e. The zero-order valence-electron chi connectivity index (χ0n) is 31.5. The topological polar surface area (TPSA) is 108 Å². The van der Waals surface area contributed by atoms with Crippen molar-refractivity contribution >= 4 is 13.7 Å². The molecule has 0 fully saturated rings. The van der Waals surface area contributed by atoms with E-state index in [-0.39, 0.29) is 19.1 Å². The van der Waals surface area contributed by atoms with Crippen LogP contribution in [0.5, 0.6) is 0 Å². The third-order valence-corrected chi connectivity index (χ3v) is 9.71. The molecule has 0 saturated carbocycles. The minimum absolute atomic E-state index is 0.00155. The van der Waals surface area contributed by atoms with Gasteiger partial charge in [-0.1, -0.05) is 161 Å². The highest BCUT2D eigenvalue weighted by atomic mass is 31.2. The number of carbonyl (C=O) groups excluding carboxylic acids is 1. The fourth-order valence-corrected chi connectivity index (χ4v) is 6.29. The Labute approximate surface area is 291 Å². The number of hydrogen-bond acceptors (Lipinski definition) is 6. The molecule has 0 aliphatic rings. The number of likely N-dealkylation sites (N-methyl/N-ethyl adjacent to an activating group) is 1. The van der Waals surface area contributed by atoms with Crippen molar-refractivity contribution in [3.05, 3.63) is 12.2 Å². The lowest BCUT2D eigenvalue weighted by molar-refractivity contribution is -0.870. The lowest BCUT2D eigenvalue weighted by Gasteiger charge is -2.29. The molecule has 280 valence electrons. The number of aliphatic hydroxyl groups is 1. The summed E-state index contributed by atoms with van der Waals surface area (Å²) < 4.78 is 23.1. The zero-order chi connectivity index (χ0) is 35.1. The number of carbonyl (C=O) groups is 1. The van der Waals surface area contributed by atoms with Gasteiger partial charge in [0, 0.05) is 6.42 Å². The van der Waals surface area contributed by atoms with Gasteiger partial charge in [0.25, 0.3) is 7.82 Å². The predicted octanol–water partition coefficient (Wildman–Crippen LogP) is 9.39. The largest absolute Gasteiger partial charge is 0.756 e. The van der Waals surface area contributed by atoms with Crippen molar-refractivity contribution in [2.75, 3.05) is 40.9 Å². The molecule has 0 aromatic carbocycles. The second-order valence-electron chi connectivity index (χ2n) is 14.6. The van der Waals surface area contributed by atoms with Crippen LogP contribution in [0.25, 0.3) is 0 Å². The van der Waals surface area contributed by atoms with E-state index in [0.29, 0.717) is 17.4 Å². The number of phosphoric acid groups is 1. The number of nitrogens with zero attached hydrogens (tertiary/aromatic N) is 1. The number of nitrogens with one attached hydrogen (secondary N) is 1. The van der Waals surface area contributed by atoms with E-state index < -0.39 is 20.0 Å². The molecular weight excluding hydrogens is 611 g/mol. The Morgan fingerprint density at radius 3 is 1.60 bits per heavy atom. The third kappa shape index (κ3) is 33.5. The van der Waals surface area contributed by atoms with Crippen LogP contribution in [-0.4, -0.2) is 68.5 Å². The number of allylic oxidation sites excluding steroid dienone is 1. The second-order valence-corrected chi connectivity index (χ2v) is 16.1. The first-order chi connectivity index (χ1) is 22.5. The summed E-state index contributed by atoms with van der Waals surface area (Å²) in [6, 6.07) is -0.877. The van der Waals surface area contributed by atoms with Crippen LogP contribution >= 0.6 is 7.82 Å². The molecule has 0 spiro atoms. The van der Waals surface area contributed by atoms with Crippen molar-refractivity contribution in [1.29, 1.82) is 0 Å². The monoisotopic (exact) mass is 689 g/mol. The van der Waals surface area contributed by atoms with E-state index in [1.807, 2.05) is 27.2 Å². The predicted molar refractivity (Wildman–Crippen MR) is 196 cm³/mol. The molecule has 47 heavy (non-hydrogen) atoms. The summed E-state index contributed by atoms with van der Waals surface area (Å²) in [7, 11) is 1.26. The molecule has 0 heterocycles. The Morgan fingerprint density at radius 1 is 0.723 bits per heavy atom. The Bertz CT molecular complexity index is 789. The average Bonchev–Trinajstić information content (AvgIpc) is 3.01. The van der Waals surface area contributed by atoms with Gasteiger partial charge in [0.1, 0.15) is 13.2 Å². The van der Waals surface area contributed by atoms with E-state index in [0.717, 1.165) is 38.5 Å². The molecule has 1 amide bonds. The van der Waals surface area contributed by atoms with E-state index in [1.54, 1.807) is 6.08 Å². The van der Waals surface area contributed by atoms with E-state index >= 15 is 0 Å². The average molecular weight is 689 g/mol. The molecule has 0 aliphatic heterocycles. The number of amides is 1. The second kappa shape index (κ2) is 31.2. The van der Waals surface area contributed by atoms with Crippen molar-refractivity contribution < 1.29 is 32.9 Å². The third-order valence-electron chi connectivity index (χ3n) is 8.75. The Hall–Kier alpha value is -0.760. The van der Waals surface area contributed by atoms with Crippen LogP contribution in [0.15, 0.2) is 12.2 Å². The van der Waals surface area contributed by atoms with E-state index in [4.69, 9.17) is 9.05 Å². The number of rotatable bonds is 35. The van der Waals surface area contributed by atoms with Gasteiger partial charge in [0.05, 0.1) is 39.9 Å². The van der Waals surface area contributed by atoms with Gasteiger partial charge in [-0.3, -0.25) is 9.36 Å². The van der Waals surface area contributed by atoms with Crippen molar-refractivity contribution in [3.8, 4) is 0 Å². The van der Waals surface area contributed by atoms with Crippen molar-refractivity contribution in [2.24, 2.45) is 0 Å². The van der Waals surface area contributed by atoms with Gasteiger partial charge in [-0.25, -0.2) is 0 Å². The Morgan fingerprint density at radius 2 is 1.15 bits per heavy atom. The Balaban J connectivity index is 4.45. The molecule has 0 bridgehead atoms. The van der Waals surface area contributed by atoms with Crippen LogP contribution in [0.1, 0.15) is 174 Å². The van der Waals surface area contributed by atoms with Crippen molar-refractivity contribution in [3.63, 3.8) is 0 Å². The van der Waals surface area contributed by atoms with Gasteiger partial charge in [0.2, 0.25) is 5.91 Å². The molecule has 3 atom stereocenters. The molecular formula is C38H77N2O6P. The van der Waals surface area contributed by atoms with Gasteiger partial charge in [-0.05, 0) is 19.3 Å². The van der Waals surface area contributed by atoms with Crippen molar-refractivity contribution in [1.82, 2.24) is 5.32 Å². The fourth-order valence-electron chi connectivity index (χ4n) is 5.56. The molecule has 0 radical (unpaired) electrons. The summed E-state index contributed by atoms with van der Waals surface area (Å²) in [6.45, 7) is 4.62. The maximum Gasteiger partial charge on any atom is 0.268 e. The highest BCUT2D eigenvalue weighted by Gasteiger charge is 2.23. The number of hydrogen-bond donors (Lipinski definition) is 2. The quantitative estimate of drug-likeness (QED) is 0.0297. The summed E-state index contributed by atoms with van der Waals surface area (Å²) >= 11 is 0. The lowest BCUT2D eigenvalue weighted by Crippen LogP contribution is -2.45. The molecule has 0 saturated heterocycles. The van der Waals surface area contributed by atoms with E-state index in [2.05, 4.69) is 19.2 Å². The number of unbranched alkanes of at least 4 members (excludes halogenated alkanes) is 22. The standard InChI is InChI=1S/C38H77N2O6P/c1-6-8-10-12-14-16-18-19-20-21-22-24-26-28-30-32-38(42)39-36(35-46-47(43,44)45-34-33-40(3,4)5)37(41)31-29-27-25-23-17-15-13-11-9-7-2/h29,31,36-37,41H,6-28,30,32-35H2,1-5H3,(H-,39,42,43,44)/b31-29+/t36-,37+/m0/s1. The first-order valence-electron chi connectivity index (χ1n) is 19.6. The molecule has 2 N–H and O–H groups in total. The van der Waals surface area contributed by atoms with Crippen molar-refractivity contribution in [2.45, 2.75) is 187 Å². The van der Waals surface area contributed by atoms with Gasteiger partial charge in [-0.2, -0.15) is 0 Å². The maximum absolute atomic E-state index is 12.8. The normalized spacial score (nSPS) is 14.8. The summed E-state index contributed by atoms with van der Waals surface area (Å²) in [5.74, 6) is -0.199. The molecule has 1 unspecified atom stereocenters. The lowest BCUT2D eigenvalue weighted by atomic mass is 10.0. The first kappa shape index (κ1) is 46.2. The van der Waals surface area contributed by atoms with Crippen LogP contribution in [0.3, 0.4) is 0 Å². The zero-order valence-corrected chi connectivity index (χ0v) is 32.4. The van der Waals surface area contributed by atoms with Gasteiger partial charge in [-0.15, -0.1) is 0 Å². The minimum Gasteiger partial charge on any atom is -0.756 e. The molecule has 0 aromatic heterocycles. The molecule has 0 aromatic rings. The highest BCUT2D eigenvalue weighted by molar-refractivity contribution is 7.45. The van der Waals surface area contributed by atoms with Crippen LogP contribution in [0, 0.1) is 0 Å². The molecule has 8 nitrogen and oxygen atoms in total. The van der Waals surface area contributed by atoms with Gasteiger partial charge < -0.3 is 28.8 Å².